The van der Waals surface area contributed by atoms with Crippen molar-refractivity contribution >= 4 is 0 Å². The molecule has 1 rings (SSSR count). The van der Waals surface area contributed by atoms with Gasteiger partial charge in [-0.3, -0.25) is 0 Å². The molecule has 1 heteroatoms. The minimum atomic E-state index is 0.319. The van der Waals surface area contributed by atoms with Crippen molar-refractivity contribution in [3.63, 3.8) is 0 Å². The fraction of sp³-hybridized carbons (Fsp3) is 0.833. The summed E-state index contributed by atoms with van der Waals surface area (Å²) in [7, 11) is 0. The van der Waals surface area contributed by atoms with Gasteiger partial charge in [-0.25, -0.2) is 0 Å². The molecular weight excluding hydrogens is 86.1 g/mol. The normalized spacial score (nSPS) is 23.4. The van der Waals surface area contributed by atoms with E-state index < -0.39 is 0 Å². The van der Waals surface area contributed by atoms with Crippen molar-refractivity contribution in [3.05, 3.63) is 0 Å². The molecule has 0 heterocycles. The molecule has 0 N–H and O–H groups in total. The number of hydrogen-bond donors (Lipinski definition) is 0. The Balaban J connectivity index is 2.27. The second kappa shape index (κ2) is 1.54. The van der Waals surface area contributed by atoms with Crippen LogP contribution < -0.4 is 0 Å². The summed E-state index contributed by atoms with van der Waals surface area (Å²) in [5, 5.41) is 8.30. The first kappa shape index (κ1) is 4.64. The van der Waals surface area contributed by atoms with Gasteiger partial charge in [0.1, 0.15) is 0 Å². The standard InChI is InChI=1S/C6H9N/c1-5(4-7)6-2-3-6/h5-6H,2-3H2,1H3/t5-/m0/s1. The van der Waals surface area contributed by atoms with Crippen LogP contribution in [-0.4, -0.2) is 0 Å². The summed E-state index contributed by atoms with van der Waals surface area (Å²) in [6.07, 6.45) is 2.57. The second-order valence-electron chi connectivity index (χ2n) is 2.26. The van der Waals surface area contributed by atoms with Crippen molar-refractivity contribution < 1.29 is 0 Å². The summed E-state index contributed by atoms with van der Waals surface area (Å²) in [5.74, 6) is 1.07. The van der Waals surface area contributed by atoms with Crippen LogP contribution in [-0.2, 0) is 0 Å². The van der Waals surface area contributed by atoms with Crippen molar-refractivity contribution in [2.24, 2.45) is 11.8 Å². The minimum Gasteiger partial charge on any atom is -0.198 e. The Morgan fingerprint density at radius 2 is 2.29 bits per heavy atom. The van der Waals surface area contributed by atoms with Crippen molar-refractivity contribution in [3.8, 4) is 6.07 Å². The predicted molar refractivity (Wildman–Crippen MR) is 27.5 cm³/mol. The van der Waals surface area contributed by atoms with Gasteiger partial charge in [-0.15, -0.1) is 0 Å². The zero-order valence-electron chi connectivity index (χ0n) is 4.52. The van der Waals surface area contributed by atoms with Gasteiger partial charge in [-0.2, -0.15) is 5.26 Å². The van der Waals surface area contributed by atoms with E-state index in [4.69, 9.17) is 5.26 Å². The van der Waals surface area contributed by atoms with Crippen LogP contribution in [0.25, 0.3) is 0 Å². The van der Waals surface area contributed by atoms with Crippen LogP contribution >= 0.6 is 0 Å². The van der Waals surface area contributed by atoms with Gasteiger partial charge in [-0.05, 0) is 25.7 Å². The second-order valence-corrected chi connectivity index (χ2v) is 2.26. The molecule has 1 aliphatic rings. The molecule has 0 saturated heterocycles. The lowest BCUT2D eigenvalue weighted by Gasteiger charge is -1.90. The van der Waals surface area contributed by atoms with Crippen LogP contribution in [0.3, 0.4) is 0 Å². The highest BCUT2D eigenvalue weighted by Crippen LogP contribution is 2.35. The van der Waals surface area contributed by atoms with Crippen molar-refractivity contribution in [1.29, 1.82) is 5.26 Å². The first-order chi connectivity index (χ1) is 3.34. The van der Waals surface area contributed by atoms with Crippen LogP contribution in [0.2, 0.25) is 0 Å². The molecule has 0 aliphatic heterocycles. The molecule has 0 aromatic rings. The highest BCUT2D eigenvalue weighted by Gasteiger charge is 2.27. The SMILES string of the molecule is C[C@@H](C#N)C1CC1. The van der Waals surface area contributed by atoms with E-state index in [1.54, 1.807) is 0 Å². The zero-order valence-corrected chi connectivity index (χ0v) is 4.52. The minimum absolute atomic E-state index is 0.319. The molecule has 0 aromatic heterocycles. The molecule has 0 aromatic carbocycles. The molecule has 1 fully saturated rings. The third-order valence-electron chi connectivity index (χ3n) is 1.53. The van der Waals surface area contributed by atoms with E-state index in [-0.39, 0.29) is 0 Å². The third-order valence-corrected chi connectivity index (χ3v) is 1.53. The van der Waals surface area contributed by atoms with E-state index >= 15 is 0 Å². The number of hydrogen-bond acceptors (Lipinski definition) is 1. The van der Waals surface area contributed by atoms with E-state index in [1.165, 1.54) is 12.8 Å². The fourth-order valence-electron chi connectivity index (χ4n) is 0.702. The van der Waals surface area contributed by atoms with E-state index in [0.29, 0.717) is 5.92 Å². The van der Waals surface area contributed by atoms with Gasteiger partial charge in [0.05, 0.1) is 6.07 Å². The predicted octanol–water partition coefficient (Wildman–Crippen LogP) is 1.56. The van der Waals surface area contributed by atoms with Crippen LogP contribution in [0, 0.1) is 23.2 Å². The largest absolute Gasteiger partial charge is 0.198 e. The van der Waals surface area contributed by atoms with Gasteiger partial charge in [0, 0.05) is 5.92 Å². The summed E-state index contributed by atoms with van der Waals surface area (Å²) in [5.41, 5.74) is 0. The average molecular weight is 95.1 g/mol. The summed E-state index contributed by atoms with van der Waals surface area (Å²) in [6, 6.07) is 2.23. The Morgan fingerprint density at radius 3 is 2.43 bits per heavy atom. The Morgan fingerprint density at radius 1 is 1.71 bits per heavy atom. The molecule has 0 amide bonds. The lowest BCUT2D eigenvalue weighted by atomic mass is 10.1. The molecule has 1 saturated carbocycles. The summed E-state index contributed by atoms with van der Waals surface area (Å²) < 4.78 is 0. The van der Waals surface area contributed by atoms with E-state index in [2.05, 4.69) is 6.07 Å². The van der Waals surface area contributed by atoms with Crippen molar-refractivity contribution in [2.75, 3.05) is 0 Å². The van der Waals surface area contributed by atoms with Crippen LogP contribution in [0.5, 0.6) is 0 Å². The number of nitriles is 1. The molecule has 0 unspecified atom stereocenters. The van der Waals surface area contributed by atoms with Gasteiger partial charge in [0.15, 0.2) is 0 Å². The van der Waals surface area contributed by atoms with E-state index in [0.717, 1.165) is 5.92 Å². The molecular formula is C6H9N. The Bertz CT molecular complexity index is 97.2. The Kier molecular flexibility index (Phi) is 1.02. The van der Waals surface area contributed by atoms with Gasteiger partial charge < -0.3 is 0 Å². The first-order valence-electron chi connectivity index (χ1n) is 2.74. The Hall–Kier alpha value is -0.510. The molecule has 7 heavy (non-hydrogen) atoms. The van der Waals surface area contributed by atoms with Crippen LogP contribution in [0.4, 0.5) is 0 Å². The maximum absolute atomic E-state index is 8.30. The number of nitrogens with zero attached hydrogens (tertiary/aromatic N) is 1. The van der Waals surface area contributed by atoms with Crippen LogP contribution in [0.15, 0.2) is 0 Å². The summed E-state index contributed by atoms with van der Waals surface area (Å²) >= 11 is 0. The maximum Gasteiger partial charge on any atom is 0.0655 e. The molecule has 0 radical (unpaired) electrons. The zero-order chi connectivity index (χ0) is 5.28. The molecule has 1 nitrogen and oxygen atoms in total. The monoisotopic (exact) mass is 95.1 g/mol. The summed E-state index contributed by atoms with van der Waals surface area (Å²) in [6.45, 7) is 2.00. The van der Waals surface area contributed by atoms with Gasteiger partial charge >= 0.3 is 0 Å². The Labute approximate surface area is 44.0 Å². The third kappa shape index (κ3) is 0.928. The van der Waals surface area contributed by atoms with E-state index in [1.807, 2.05) is 6.92 Å². The highest BCUT2D eigenvalue weighted by atomic mass is 14.4. The quantitative estimate of drug-likeness (QED) is 0.484. The molecule has 38 valence electrons. The topological polar surface area (TPSA) is 23.8 Å². The van der Waals surface area contributed by atoms with E-state index in [9.17, 15) is 0 Å². The molecule has 1 atom stereocenters. The summed E-state index contributed by atoms with van der Waals surface area (Å²) in [4.78, 5) is 0. The van der Waals surface area contributed by atoms with Crippen molar-refractivity contribution in [1.82, 2.24) is 0 Å². The van der Waals surface area contributed by atoms with Gasteiger partial charge in [0.25, 0.3) is 0 Å². The smallest absolute Gasteiger partial charge is 0.0655 e. The fourth-order valence-corrected chi connectivity index (χ4v) is 0.702. The lowest BCUT2D eigenvalue weighted by Crippen LogP contribution is -1.89. The van der Waals surface area contributed by atoms with Gasteiger partial charge in [-0.1, -0.05) is 0 Å². The molecule has 0 spiro atoms. The number of rotatable bonds is 1. The highest BCUT2D eigenvalue weighted by molar-refractivity contribution is 4.91. The lowest BCUT2D eigenvalue weighted by molar-refractivity contribution is 0.642. The molecule has 1 aliphatic carbocycles. The van der Waals surface area contributed by atoms with Gasteiger partial charge in [0.2, 0.25) is 0 Å². The van der Waals surface area contributed by atoms with Crippen LogP contribution in [0.1, 0.15) is 19.8 Å². The average Bonchev–Trinajstić information content (AvgIpc) is 2.44. The molecule has 0 bridgehead atoms. The first-order valence-corrected chi connectivity index (χ1v) is 2.74. The van der Waals surface area contributed by atoms with Crippen molar-refractivity contribution in [2.45, 2.75) is 19.8 Å². The maximum atomic E-state index is 8.30.